The van der Waals surface area contributed by atoms with Gasteiger partial charge in [0.2, 0.25) is 0 Å². The molecule has 0 aromatic carbocycles. The molecule has 17 heavy (non-hydrogen) atoms. The highest BCUT2D eigenvalue weighted by Crippen LogP contribution is 2.27. The quantitative estimate of drug-likeness (QED) is 0.830. The number of aryl methyl sites for hydroxylation is 1. The van der Waals surface area contributed by atoms with Crippen molar-refractivity contribution in [3.63, 3.8) is 0 Å². The van der Waals surface area contributed by atoms with Crippen LogP contribution in [-0.2, 0) is 13.6 Å². The van der Waals surface area contributed by atoms with Crippen LogP contribution in [0.1, 0.15) is 31.4 Å². The molecule has 5 nitrogen and oxygen atoms in total. The molecule has 0 saturated carbocycles. The summed E-state index contributed by atoms with van der Waals surface area (Å²) >= 11 is 0. The van der Waals surface area contributed by atoms with Crippen molar-refractivity contribution in [3.8, 4) is 0 Å². The first-order chi connectivity index (χ1) is 8.34. The lowest BCUT2D eigenvalue weighted by Crippen LogP contribution is -2.44. The molecule has 1 aromatic rings. The summed E-state index contributed by atoms with van der Waals surface area (Å²) < 4.78 is 1.85. The lowest BCUT2D eigenvalue weighted by Gasteiger charge is -2.32. The van der Waals surface area contributed by atoms with Gasteiger partial charge in [0.05, 0.1) is 11.9 Å². The summed E-state index contributed by atoms with van der Waals surface area (Å²) in [4.78, 5) is 2.66. The zero-order valence-corrected chi connectivity index (χ0v) is 10.5. The molecule has 0 radical (unpaired) electrons. The predicted octanol–water partition coefficient (Wildman–Crippen LogP) is 0.531. The van der Waals surface area contributed by atoms with Crippen molar-refractivity contribution in [1.82, 2.24) is 25.2 Å². The molecule has 2 atom stereocenters. The smallest absolute Gasteiger partial charge is 0.0738 e. The Morgan fingerprint density at radius 2 is 2.29 bits per heavy atom. The standard InChI is InChI=1S/C12H21N5/c1-16-10(9-14-15-16)8-13-11-5-7-17-6-3-2-4-12(11)17/h9,11-13H,2-8H2,1H3. The number of nitrogens with one attached hydrogen (secondary N) is 1. The third kappa shape index (κ3) is 2.21. The molecule has 0 spiro atoms. The van der Waals surface area contributed by atoms with Crippen LogP contribution in [0.5, 0.6) is 0 Å². The fourth-order valence-electron chi connectivity index (χ4n) is 3.19. The molecule has 3 heterocycles. The Morgan fingerprint density at radius 3 is 3.12 bits per heavy atom. The van der Waals surface area contributed by atoms with Gasteiger partial charge in [0.15, 0.2) is 0 Å². The molecule has 3 rings (SSSR count). The van der Waals surface area contributed by atoms with E-state index in [4.69, 9.17) is 0 Å². The maximum Gasteiger partial charge on any atom is 0.0738 e. The molecule has 1 N–H and O–H groups in total. The minimum absolute atomic E-state index is 0.658. The Hall–Kier alpha value is -0.940. The van der Waals surface area contributed by atoms with E-state index in [1.54, 1.807) is 0 Å². The largest absolute Gasteiger partial charge is 0.307 e. The van der Waals surface area contributed by atoms with Crippen LogP contribution in [-0.4, -0.2) is 45.1 Å². The third-order valence-corrected chi connectivity index (χ3v) is 4.21. The fourth-order valence-corrected chi connectivity index (χ4v) is 3.19. The molecule has 0 bridgehead atoms. The number of hydrogen-bond acceptors (Lipinski definition) is 4. The average Bonchev–Trinajstić information content (AvgIpc) is 2.93. The molecule has 94 valence electrons. The van der Waals surface area contributed by atoms with Crippen molar-refractivity contribution >= 4 is 0 Å². The van der Waals surface area contributed by atoms with E-state index in [9.17, 15) is 0 Å². The molecule has 5 heteroatoms. The van der Waals surface area contributed by atoms with Gasteiger partial charge in [-0.05, 0) is 25.8 Å². The van der Waals surface area contributed by atoms with Crippen LogP contribution in [0.2, 0.25) is 0 Å². The third-order valence-electron chi connectivity index (χ3n) is 4.21. The zero-order valence-electron chi connectivity index (χ0n) is 10.5. The van der Waals surface area contributed by atoms with Crippen LogP contribution in [0.4, 0.5) is 0 Å². The summed E-state index contributed by atoms with van der Waals surface area (Å²) in [6.45, 7) is 3.46. The topological polar surface area (TPSA) is 46.0 Å². The maximum atomic E-state index is 3.96. The van der Waals surface area contributed by atoms with Gasteiger partial charge in [-0.25, -0.2) is 0 Å². The lowest BCUT2D eigenvalue weighted by atomic mass is 9.99. The van der Waals surface area contributed by atoms with Crippen molar-refractivity contribution in [1.29, 1.82) is 0 Å². The van der Waals surface area contributed by atoms with E-state index >= 15 is 0 Å². The molecule has 0 amide bonds. The molecule has 2 fully saturated rings. The number of hydrogen-bond donors (Lipinski definition) is 1. The molecule has 2 aliphatic rings. The van der Waals surface area contributed by atoms with Gasteiger partial charge in [-0.1, -0.05) is 11.6 Å². The number of aromatic nitrogens is 3. The van der Waals surface area contributed by atoms with Gasteiger partial charge in [-0.3, -0.25) is 9.58 Å². The summed E-state index contributed by atoms with van der Waals surface area (Å²) in [6.07, 6.45) is 7.28. The van der Waals surface area contributed by atoms with Crippen LogP contribution in [0, 0.1) is 0 Å². The highest BCUT2D eigenvalue weighted by Gasteiger charge is 2.34. The van der Waals surface area contributed by atoms with Gasteiger partial charge in [0, 0.05) is 32.2 Å². The molecular weight excluding hydrogens is 214 g/mol. The first-order valence-electron chi connectivity index (χ1n) is 6.65. The normalized spacial score (nSPS) is 29.5. The SMILES string of the molecule is Cn1nncc1CNC1CCN2CCCCC12. The van der Waals surface area contributed by atoms with Crippen molar-refractivity contribution in [2.24, 2.45) is 7.05 Å². The maximum absolute atomic E-state index is 3.96. The number of nitrogens with zero attached hydrogens (tertiary/aromatic N) is 4. The number of fused-ring (bicyclic) bond motifs is 1. The van der Waals surface area contributed by atoms with Crippen LogP contribution in [0.3, 0.4) is 0 Å². The minimum atomic E-state index is 0.658. The van der Waals surface area contributed by atoms with Crippen LogP contribution in [0.25, 0.3) is 0 Å². The summed E-state index contributed by atoms with van der Waals surface area (Å²) in [5.41, 5.74) is 1.17. The summed E-state index contributed by atoms with van der Waals surface area (Å²) in [5.74, 6) is 0. The Morgan fingerprint density at radius 1 is 1.35 bits per heavy atom. The Labute approximate surface area is 102 Å². The highest BCUT2D eigenvalue weighted by atomic mass is 15.4. The zero-order chi connectivity index (χ0) is 11.7. The molecule has 2 saturated heterocycles. The second-order valence-corrected chi connectivity index (χ2v) is 5.22. The first kappa shape index (κ1) is 11.2. The van der Waals surface area contributed by atoms with Crippen molar-refractivity contribution in [2.45, 2.75) is 44.3 Å². The number of piperidine rings is 1. The summed E-state index contributed by atoms with van der Waals surface area (Å²) in [7, 11) is 1.95. The molecular formula is C12H21N5. The van der Waals surface area contributed by atoms with Crippen LogP contribution >= 0.6 is 0 Å². The Bertz CT molecular complexity index is 375. The Kier molecular flexibility index (Phi) is 3.11. The summed E-state index contributed by atoms with van der Waals surface area (Å²) in [5, 5.41) is 11.6. The van der Waals surface area contributed by atoms with Gasteiger partial charge in [-0.15, -0.1) is 5.10 Å². The van der Waals surface area contributed by atoms with E-state index in [-0.39, 0.29) is 0 Å². The molecule has 2 aliphatic heterocycles. The van der Waals surface area contributed by atoms with Gasteiger partial charge in [0.1, 0.15) is 0 Å². The van der Waals surface area contributed by atoms with E-state index in [1.165, 1.54) is 44.5 Å². The monoisotopic (exact) mass is 235 g/mol. The molecule has 0 aliphatic carbocycles. The predicted molar refractivity (Wildman–Crippen MR) is 65.5 cm³/mol. The highest BCUT2D eigenvalue weighted by molar-refractivity contribution is 4.98. The summed E-state index contributed by atoms with van der Waals surface area (Å²) in [6, 6.07) is 1.43. The Balaban J connectivity index is 1.57. The van der Waals surface area contributed by atoms with E-state index in [2.05, 4.69) is 20.5 Å². The first-order valence-corrected chi connectivity index (χ1v) is 6.65. The molecule has 2 unspecified atom stereocenters. The number of rotatable bonds is 3. The van der Waals surface area contributed by atoms with E-state index in [0.29, 0.717) is 6.04 Å². The van der Waals surface area contributed by atoms with Gasteiger partial charge >= 0.3 is 0 Å². The van der Waals surface area contributed by atoms with E-state index in [1.807, 2.05) is 17.9 Å². The van der Waals surface area contributed by atoms with Crippen LogP contribution < -0.4 is 5.32 Å². The second kappa shape index (κ2) is 4.74. The van der Waals surface area contributed by atoms with Crippen LogP contribution in [0.15, 0.2) is 6.20 Å². The van der Waals surface area contributed by atoms with Crippen molar-refractivity contribution in [3.05, 3.63) is 11.9 Å². The van der Waals surface area contributed by atoms with Gasteiger partial charge < -0.3 is 5.32 Å². The van der Waals surface area contributed by atoms with E-state index in [0.717, 1.165) is 12.6 Å². The van der Waals surface area contributed by atoms with Gasteiger partial charge in [0.25, 0.3) is 0 Å². The average molecular weight is 235 g/mol. The second-order valence-electron chi connectivity index (χ2n) is 5.22. The van der Waals surface area contributed by atoms with Gasteiger partial charge in [-0.2, -0.15) is 0 Å². The minimum Gasteiger partial charge on any atom is -0.307 e. The fraction of sp³-hybridized carbons (Fsp3) is 0.833. The molecule has 1 aromatic heterocycles. The van der Waals surface area contributed by atoms with Crippen molar-refractivity contribution in [2.75, 3.05) is 13.1 Å². The van der Waals surface area contributed by atoms with E-state index < -0.39 is 0 Å². The lowest BCUT2D eigenvalue weighted by molar-refractivity contribution is 0.180. The van der Waals surface area contributed by atoms with Crippen molar-refractivity contribution < 1.29 is 0 Å².